The van der Waals surface area contributed by atoms with Gasteiger partial charge in [-0.05, 0) is 38.8 Å². The van der Waals surface area contributed by atoms with Crippen LogP contribution < -0.4 is 10.6 Å². The Morgan fingerprint density at radius 3 is 2.61 bits per heavy atom. The quantitative estimate of drug-likeness (QED) is 0.848. The number of benzene rings is 1. The third kappa shape index (κ3) is 4.09. The SMILES string of the molecule is CCNC(=O)[C@@H]1CCCN1C(=O)[C@H](C)NC(=O)c1ccccc1. The van der Waals surface area contributed by atoms with E-state index in [-0.39, 0.29) is 17.7 Å². The van der Waals surface area contributed by atoms with Crippen molar-refractivity contribution < 1.29 is 14.4 Å². The summed E-state index contributed by atoms with van der Waals surface area (Å²) in [5.41, 5.74) is 0.508. The van der Waals surface area contributed by atoms with E-state index in [4.69, 9.17) is 0 Å². The first-order valence-electron chi connectivity index (χ1n) is 7.98. The zero-order valence-corrected chi connectivity index (χ0v) is 13.5. The van der Waals surface area contributed by atoms with Gasteiger partial charge >= 0.3 is 0 Å². The van der Waals surface area contributed by atoms with Crippen molar-refractivity contribution in [3.63, 3.8) is 0 Å². The van der Waals surface area contributed by atoms with Crippen LogP contribution in [0.3, 0.4) is 0 Å². The lowest BCUT2D eigenvalue weighted by molar-refractivity contribution is -0.139. The van der Waals surface area contributed by atoms with Crippen LogP contribution in [0.25, 0.3) is 0 Å². The zero-order chi connectivity index (χ0) is 16.8. The normalized spacial score (nSPS) is 18.3. The van der Waals surface area contributed by atoms with Crippen LogP contribution in [0, 0.1) is 0 Å². The minimum atomic E-state index is -0.669. The van der Waals surface area contributed by atoms with Gasteiger partial charge in [-0.25, -0.2) is 0 Å². The van der Waals surface area contributed by atoms with E-state index in [1.54, 1.807) is 36.1 Å². The van der Waals surface area contributed by atoms with Crippen molar-refractivity contribution in [2.24, 2.45) is 0 Å². The molecule has 124 valence electrons. The molecule has 1 aromatic rings. The van der Waals surface area contributed by atoms with E-state index in [1.807, 2.05) is 13.0 Å². The van der Waals surface area contributed by atoms with E-state index in [0.717, 1.165) is 6.42 Å². The Morgan fingerprint density at radius 1 is 1.26 bits per heavy atom. The van der Waals surface area contributed by atoms with E-state index in [9.17, 15) is 14.4 Å². The molecule has 0 saturated carbocycles. The fourth-order valence-electron chi connectivity index (χ4n) is 2.78. The molecular weight excluding hydrogens is 294 g/mol. The van der Waals surface area contributed by atoms with Gasteiger partial charge in [0, 0.05) is 18.7 Å². The first-order chi connectivity index (χ1) is 11.0. The Labute approximate surface area is 136 Å². The highest BCUT2D eigenvalue weighted by molar-refractivity contribution is 5.98. The lowest BCUT2D eigenvalue weighted by Crippen LogP contribution is -2.52. The second-order valence-electron chi connectivity index (χ2n) is 5.65. The van der Waals surface area contributed by atoms with E-state index >= 15 is 0 Å². The number of hydrogen-bond acceptors (Lipinski definition) is 3. The van der Waals surface area contributed by atoms with Crippen LogP contribution >= 0.6 is 0 Å². The molecule has 0 aliphatic carbocycles. The van der Waals surface area contributed by atoms with Crippen molar-refractivity contribution in [3.05, 3.63) is 35.9 Å². The summed E-state index contributed by atoms with van der Waals surface area (Å²) in [5, 5.41) is 5.46. The van der Waals surface area contributed by atoms with Crippen molar-refractivity contribution in [1.29, 1.82) is 0 Å². The van der Waals surface area contributed by atoms with Crippen LogP contribution in [0.4, 0.5) is 0 Å². The zero-order valence-electron chi connectivity index (χ0n) is 13.5. The molecule has 23 heavy (non-hydrogen) atoms. The average molecular weight is 317 g/mol. The fraction of sp³-hybridized carbons (Fsp3) is 0.471. The predicted molar refractivity (Wildman–Crippen MR) is 86.8 cm³/mol. The number of rotatable bonds is 5. The van der Waals surface area contributed by atoms with Crippen molar-refractivity contribution in [2.45, 2.75) is 38.8 Å². The lowest BCUT2D eigenvalue weighted by atomic mass is 10.1. The molecule has 2 N–H and O–H groups in total. The average Bonchev–Trinajstić information content (AvgIpc) is 3.04. The van der Waals surface area contributed by atoms with Crippen molar-refractivity contribution in [1.82, 2.24) is 15.5 Å². The largest absolute Gasteiger partial charge is 0.355 e. The van der Waals surface area contributed by atoms with Gasteiger partial charge in [-0.15, -0.1) is 0 Å². The van der Waals surface area contributed by atoms with E-state index in [2.05, 4.69) is 10.6 Å². The van der Waals surface area contributed by atoms with Crippen LogP contribution in [-0.2, 0) is 9.59 Å². The van der Waals surface area contributed by atoms with Crippen LogP contribution in [-0.4, -0.2) is 47.8 Å². The second-order valence-corrected chi connectivity index (χ2v) is 5.65. The highest BCUT2D eigenvalue weighted by Gasteiger charge is 2.36. The molecule has 2 rings (SSSR count). The molecule has 1 fully saturated rings. The highest BCUT2D eigenvalue weighted by Crippen LogP contribution is 2.18. The Morgan fingerprint density at radius 2 is 1.96 bits per heavy atom. The number of likely N-dealkylation sites (tertiary alicyclic amines) is 1. The predicted octanol–water partition coefficient (Wildman–Crippen LogP) is 0.932. The summed E-state index contributed by atoms with van der Waals surface area (Å²) in [5.74, 6) is -0.636. The van der Waals surface area contributed by atoms with E-state index < -0.39 is 12.1 Å². The molecular formula is C17H23N3O3. The fourth-order valence-corrected chi connectivity index (χ4v) is 2.78. The molecule has 2 atom stereocenters. The minimum Gasteiger partial charge on any atom is -0.355 e. The number of nitrogens with zero attached hydrogens (tertiary/aromatic N) is 1. The smallest absolute Gasteiger partial charge is 0.251 e. The Hall–Kier alpha value is -2.37. The first kappa shape index (κ1) is 17.0. The molecule has 0 aromatic heterocycles. The molecule has 1 heterocycles. The van der Waals surface area contributed by atoms with Crippen LogP contribution in [0.15, 0.2) is 30.3 Å². The summed E-state index contributed by atoms with van der Waals surface area (Å²) < 4.78 is 0. The molecule has 0 unspecified atom stereocenters. The van der Waals surface area contributed by atoms with Gasteiger partial charge in [-0.3, -0.25) is 14.4 Å². The van der Waals surface area contributed by atoms with Gasteiger partial charge in [0.25, 0.3) is 5.91 Å². The Balaban J connectivity index is 1.98. The molecule has 1 aliphatic rings. The standard InChI is InChI=1S/C17H23N3O3/c1-3-18-16(22)14-10-7-11-20(14)17(23)12(2)19-15(21)13-8-5-4-6-9-13/h4-6,8-9,12,14H,3,7,10-11H2,1-2H3,(H,18,22)(H,19,21)/t12-,14-/m0/s1. The third-order valence-electron chi connectivity index (χ3n) is 3.94. The molecule has 6 nitrogen and oxygen atoms in total. The van der Waals surface area contributed by atoms with E-state index in [1.165, 1.54) is 0 Å². The number of hydrogen-bond donors (Lipinski definition) is 2. The number of nitrogens with one attached hydrogen (secondary N) is 2. The minimum absolute atomic E-state index is 0.125. The highest BCUT2D eigenvalue weighted by atomic mass is 16.2. The van der Waals surface area contributed by atoms with Crippen molar-refractivity contribution in [3.8, 4) is 0 Å². The molecule has 0 spiro atoms. The number of amides is 3. The van der Waals surface area contributed by atoms with Gasteiger partial charge < -0.3 is 15.5 Å². The van der Waals surface area contributed by atoms with Crippen LogP contribution in [0.2, 0.25) is 0 Å². The summed E-state index contributed by atoms with van der Waals surface area (Å²) in [7, 11) is 0. The molecule has 1 aliphatic heterocycles. The van der Waals surface area contributed by atoms with Gasteiger partial charge in [-0.1, -0.05) is 18.2 Å². The lowest BCUT2D eigenvalue weighted by Gasteiger charge is -2.27. The van der Waals surface area contributed by atoms with Gasteiger partial charge in [0.2, 0.25) is 11.8 Å². The monoisotopic (exact) mass is 317 g/mol. The van der Waals surface area contributed by atoms with Crippen LogP contribution in [0.1, 0.15) is 37.0 Å². The molecule has 6 heteroatoms. The summed E-state index contributed by atoms with van der Waals surface area (Å²) in [6.07, 6.45) is 1.46. The Bertz CT molecular complexity index is 574. The van der Waals surface area contributed by atoms with Gasteiger partial charge in [0.05, 0.1) is 0 Å². The Kier molecular flexibility index (Phi) is 5.73. The maximum absolute atomic E-state index is 12.6. The first-order valence-corrected chi connectivity index (χ1v) is 7.98. The molecule has 1 saturated heterocycles. The second kappa shape index (κ2) is 7.76. The van der Waals surface area contributed by atoms with Crippen LogP contribution in [0.5, 0.6) is 0 Å². The number of carbonyl (C=O) groups excluding carboxylic acids is 3. The maximum Gasteiger partial charge on any atom is 0.251 e. The third-order valence-corrected chi connectivity index (χ3v) is 3.94. The summed E-state index contributed by atoms with van der Waals surface area (Å²) >= 11 is 0. The van der Waals surface area contributed by atoms with Gasteiger partial charge in [0.1, 0.15) is 12.1 Å². The topological polar surface area (TPSA) is 78.5 Å². The molecule has 3 amide bonds. The summed E-state index contributed by atoms with van der Waals surface area (Å²) in [6.45, 7) is 4.59. The van der Waals surface area contributed by atoms with E-state index in [0.29, 0.717) is 25.1 Å². The molecule has 0 bridgehead atoms. The maximum atomic E-state index is 12.6. The number of carbonyl (C=O) groups is 3. The van der Waals surface area contributed by atoms with Gasteiger partial charge in [0.15, 0.2) is 0 Å². The molecule has 0 radical (unpaired) electrons. The van der Waals surface area contributed by atoms with Gasteiger partial charge in [-0.2, -0.15) is 0 Å². The summed E-state index contributed by atoms with van der Waals surface area (Å²) in [6, 6.07) is 7.66. The number of likely N-dealkylation sites (N-methyl/N-ethyl adjacent to an activating group) is 1. The van der Waals surface area contributed by atoms with Crippen molar-refractivity contribution in [2.75, 3.05) is 13.1 Å². The van der Waals surface area contributed by atoms with Crippen molar-refractivity contribution >= 4 is 17.7 Å². The summed E-state index contributed by atoms with van der Waals surface area (Å²) in [4.78, 5) is 38.3. The molecule has 1 aromatic carbocycles.